The summed E-state index contributed by atoms with van der Waals surface area (Å²) in [5, 5.41) is 0. The molecule has 1 aromatic rings. The SMILES string of the molecule is CC.CC1CC(=O)N(c2ccc(Br)cc2)C1=O. The van der Waals surface area contributed by atoms with Crippen LogP contribution >= 0.6 is 15.9 Å². The number of rotatable bonds is 1. The molecule has 1 atom stereocenters. The molecule has 1 unspecified atom stereocenters. The highest BCUT2D eigenvalue weighted by molar-refractivity contribution is 9.10. The molecule has 0 bridgehead atoms. The van der Waals surface area contributed by atoms with Crippen LogP contribution in [0.4, 0.5) is 5.69 Å². The Bertz CT molecular complexity index is 414. The second-order valence-corrected chi connectivity index (χ2v) is 4.56. The molecule has 1 fully saturated rings. The van der Waals surface area contributed by atoms with Crippen LogP contribution in [-0.4, -0.2) is 11.8 Å². The van der Waals surface area contributed by atoms with Gasteiger partial charge in [-0.3, -0.25) is 14.5 Å². The fraction of sp³-hybridized carbons (Fsp3) is 0.385. The maximum Gasteiger partial charge on any atom is 0.237 e. The Morgan fingerprint density at radius 2 is 1.71 bits per heavy atom. The topological polar surface area (TPSA) is 37.4 Å². The number of halogens is 1. The number of hydrogen-bond acceptors (Lipinski definition) is 2. The Kier molecular flexibility index (Phi) is 4.87. The first-order valence-electron chi connectivity index (χ1n) is 5.72. The first kappa shape index (κ1) is 13.9. The summed E-state index contributed by atoms with van der Waals surface area (Å²) in [6, 6.07) is 7.16. The molecular weight excluding hydrogens is 282 g/mol. The maximum atomic E-state index is 11.7. The minimum Gasteiger partial charge on any atom is -0.274 e. The number of amides is 2. The molecule has 2 rings (SSSR count). The van der Waals surface area contributed by atoms with Gasteiger partial charge >= 0.3 is 0 Å². The molecule has 0 aliphatic carbocycles. The third-order valence-electron chi connectivity index (χ3n) is 2.46. The number of benzene rings is 1. The van der Waals surface area contributed by atoms with Gasteiger partial charge in [-0.1, -0.05) is 36.7 Å². The molecule has 2 amide bonds. The van der Waals surface area contributed by atoms with Gasteiger partial charge in [0.05, 0.1) is 5.69 Å². The van der Waals surface area contributed by atoms with Gasteiger partial charge in [-0.25, -0.2) is 0 Å². The number of imide groups is 1. The van der Waals surface area contributed by atoms with Crippen LogP contribution in [0.1, 0.15) is 27.2 Å². The van der Waals surface area contributed by atoms with Crippen LogP contribution in [0.2, 0.25) is 0 Å². The summed E-state index contributed by atoms with van der Waals surface area (Å²) < 4.78 is 0.929. The van der Waals surface area contributed by atoms with Crippen molar-refractivity contribution in [3.63, 3.8) is 0 Å². The molecule has 1 aromatic carbocycles. The molecule has 0 N–H and O–H groups in total. The van der Waals surface area contributed by atoms with Crippen molar-refractivity contribution < 1.29 is 9.59 Å². The second kappa shape index (κ2) is 5.96. The average molecular weight is 298 g/mol. The molecule has 1 aliphatic heterocycles. The number of carbonyl (C=O) groups excluding carboxylic acids is 2. The van der Waals surface area contributed by atoms with Gasteiger partial charge in [-0.2, -0.15) is 0 Å². The van der Waals surface area contributed by atoms with E-state index in [4.69, 9.17) is 0 Å². The van der Waals surface area contributed by atoms with E-state index in [1.54, 1.807) is 19.1 Å². The Morgan fingerprint density at radius 3 is 2.12 bits per heavy atom. The van der Waals surface area contributed by atoms with Crippen LogP contribution in [0.5, 0.6) is 0 Å². The number of hydrogen-bond donors (Lipinski definition) is 0. The van der Waals surface area contributed by atoms with Crippen LogP contribution in [0.25, 0.3) is 0 Å². The van der Waals surface area contributed by atoms with E-state index in [1.165, 1.54) is 4.90 Å². The summed E-state index contributed by atoms with van der Waals surface area (Å²) in [6.07, 6.45) is 0.314. The maximum absolute atomic E-state index is 11.7. The quantitative estimate of drug-likeness (QED) is 0.745. The van der Waals surface area contributed by atoms with Gasteiger partial charge in [-0.05, 0) is 24.3 Å². The minimum absolute atomic E-state index is 0.109. The molecule has 0 radical (unpaired) electrons. The van der Waals surface area contributed by atoms with E-state index in [0.29, 0.717) is 12.1 Å². The van der Waals surface area contributed by atoms with E-state index < -0.39 is 0 Å². The lowest BCUT2D eigenvalue weighted by molar-refractivity contribution is -0.122. The van der Waals surface area contributed by atoms with Crippen molar-refractivity contribution in [1.82, 2.24) is 0 Å². The van der Waals surface area contributed by atoms with E-state index in [0.717, 1.165) is 4.47 Å². The standard InChI is InChI=1S/C11H10BrNO2.C2H6/c1-7-6-10(14)13(11(7)15)9-4-2-8(12)3-5-9;1-2/h2-5,7H,6H2,1H3;1-2H3. The zero-order chi connectivity index (χ0) is 13.0. The summed E-state index contributed by atoms with van der Waals surface area (Å²) in [5.41, 5.74) is 0.651. The van der Waals surface area contributed by atoms with Crippen LogP contribution in [-0.2, 0) is 9.59 Å². The highest BCUT2D eigenvalue weighted by atomic mass is 79.9. The van der Waals surface area contributed by atoms with Crippen molar-refractivity contribution in [3.8, 4) is 0 Å². The Labute approximate surface area is 110 Å². The van der Waals surface area contributed by atoms with Crippen molar-refractivity contribution in [1.29, 1.82) is 0 Å². The third kappa shape index (κ3) is 2.94. The molecule has 3 nitrogen and oxygen atoms in total. The van der Waals surface area contributed by atoms with Crippen LogP contribution in [0.15, 0.2) is 28.7 Å². The highest BCUT2D eigenvalue weighted by Crippen LogP contribution is 2.26. The zero-order valence-electron chi connectivity index (χ0n) is 10.2. The lowest BCUT2D eigenvalue weighted by Crippen LogP contribution is -2.29. The molecule has 1 aliphatic rings. The summed E-state index contributed by atoms with van der Waals surface area (Å²) >= 11 is 3.31. The average Bonchev–Trinajstić information content (AvgIpc) is 2.58. The van der Waals surface area contributed by atoms with Crippen molar-refractivity contribution in [2.24, 2.45) is 5.92 Å². The molecule has 0 spiro atoms. The predicted octanol–water partition coefficient (Wildman–Crippen LogP) is 3.37. The van der Waals surface area contributed by atoms with E-state index >= 15 is 0 Å². The van der Waals surface area contributed by atoms with Gasteiger partial charge in [0, 0.05) is 16.8 Å². The zero-order valence-corrected chi connectivity index (χ0v) is 11.8. The minimum atomic E-state index is -0.193. The van der Waals surface area contributed by atoms with Gasteiger partial charge in [0.2, 0.25) is 11.8 Å². The van der Waals surface area contributed by atoms with Crippen molar-refractivity contribution in [2.75, 3.05) is 4.90 Å². The van der Waals surface area contributed by atoms with E-state index in [9.17, 15) is 9.59 Å². The van der Waals surface area contributed by atoms with Crippen molar-refractivity contribution in [2.45, 2.75) is 27.2 Å². The largest absolute Gasteiger partial charge is 0.274 e. The molecule has 4 heteroatoms. The van der Waals surface area contributed by atoms with Crippen LogP contribution in [0.3, 0.4) is 0 Å². The predicted molar refractivity (Wildman–Crippen MR) is 71.8 cm³/mol. The lowest BCUT2D eigenvalue weighted by atomic mass is 10.1. The molecule has 1 saturated heterocycles. The van der Waals surface area contributed by atoms with Gasteiger partial charge < -0.3 is 0 Å². The first-order valence-corrected chi connectivity index (χ1v) is 6.51. The smallest absolute Gasteiger partial charge is 0.237 e. The van der Waals surface area contributed by atoms with Crippen LogP contribution < -0.4 is 4.90 Å². The van der Waals surface area contributed by atoms with Gasteiger partial charge in [0.25, 0.3) is 0 Å². The first-order chi connectivity index (χ1) is 8.09. The summed E-state index contributed by atoms with van der Waals surface area (Å²) in [7, 11) is 0. The fourth-order valence-electron chi connectivity index (χ4n) is 1.65. The van der Waals surface area contributed by atoms with Crippen molar-refractivity contribution in [3.05, 3.63) is 28.7 Å². The molecule has 0 aromatic heterocycles. The fourth-order valence-corrected chi connectivity index (χ4v) is 1.91. The van der Waals surface area contributed by atoms with Crippen LogP contribution in [0, 0.1) is 5.92 Å². The number of carbonyl (C=O) groups is 2. The summed E-state index contributed by atoms with van der Waals surface area (Å²) in [5.74, 6) is -0.418. The highest BCUT2D eigenvalue weighted by Gasteiger charge is 2.36. The molecule has 1 heterocycles. The molecular formula is C13H16BrNO2. The number of nitrogens with zero attached hydrogens (tertiary/aromatic N) is 1. The Morgan fingerprint density at radius 1 is 1.18 bits per heavy atom. The molecule has 17 heavy (non-hydrogen) atoms. The molecule has 92 valence electrons. The monoisotopic (exact) mass is 297 g/mol. The normalized spacial score (nSPS) is 19.1. The lowest BCUT2D eigenvalue weighted by Gasteiger charge is -2.14. The summed E-state index contributed by atoms with van der Waals surface area (Å²) in [6.45, 7) is 5.78. The second-order valence-electron chi connectivity index (χ2n) is 3.65. The third-order valence-corrected chi connectivity index (χ3v) is 2.99. The van der Waals surface area contributed by atoms with Gasteiger partial charge in [0.15, 0.2) is 0 Å². The Balaban J connectivity index is 0.000000686. The van der Waals surface area contributed by atoms with E-state index in [2.05, 4.69) is 15.9 Å². The van der Waals surface area contributed by atoms with E-state index in [1.807, 2.05) is 26.0 Å². The van der Waals surface area contributed by atoms with Gasteiger partial charge in [-0.15, -0.1) is 0 Å². The molecule has 0 saturated carbocycles. The summed E-state index contributed by atoms with van der Waals surface area (Å²) in [4.78, 5) is 24.5. The van der Waals surface area contributed by atoms with Gasteiger partial charge in [0.1, 0.15) is 0 Å². The van der Waals surface area contributed by atoms with E-state index in [-0.39, 0.29) is 17.7 Å². The van der Waals surface area contributed by atoms with Crippen molar-refractivity contribution >= 4 is 33.4 Å². The Hall–Kier alpha value is -1.16. The number of anilines is 1.